The first-order valence-corrected chi connectivity index (χ1v) is 10.4. The third-order valence-electron chi connectivity index (χ3n) is 4.58. The molecule has 2 heterocycles. The van der Waals surface area contributed by atoms with Gasteiger partial charge < -0.3 is 10.0 Å². The van der Waals surface area contributed by atoms with Gasteiger partial charge in [0.25, 0.3) is 0 Å². The molecule has 0 unspecified atom stereocenters. The molecule has 0 radical (unpaired) electrons. The molecule has 3 rings (SSSR count). The van der Waals surface area contributed by atoms with Crippen molar-refractivity contribution >= 4 is 15.7 Å². The number of nitrogens with zero attached hydrogens (tertiary/aromatic N) is 3. The van der Waals surface area contributed by atoms with Crippen molar-refractivity contribution in [1.29, 1.82) is 0 Å². The maximum absolute atomic E-state index is 12.5. The smallest absolute Gasteiger partial charge is 0.224 e. The van der Waals surface area contributed by atoms with Crippen LogP contribution in [0.3, 0.4) is 0 Å². The van der Waals surface area contributed by atoms with E-state index in [0.717, 1.165) is 5.69 Å². The molecule has 1 aromatic heterocycles. The summed E-state index contributed by atoms with van der Waals surface area (Å²) in [4.78, 5) is 14.4. The molecule has 26 heavy (non-hydrogen) atoms. The molecular weight excluding hydrogens is 354 g/mol. The van der Waals surface area contributed by atoms with Gasteiger partial charge in [0.05, 0.1) is 41.2 Å². The molecule has 0 saturated heterocycles. The number of carbonyl (C=O) groups is 1. The predicted molar refractivity (Wildman–Crippen MR) is 96.0 cm³/mol. The van der Waals surface area contributed by atoms with E-state index in [9.17, 15) is 18.3 Å². The molecule has 0 spiro atoms. The number of benzene rings is 1. The minimum absolute atomic E-state index is 0.0458. The van der Waals surface area contributed by atoms with Crippen LogP contribution in [0.1, 0.15) is 37.3 Å². The highest BCUT2D eigenvalue weighted by Gasteiger charge is 2.25. The second-order valence-corrected chi connectivity index (χ2v) is 8.51. The number of carbonyl (C=O) groups excluding carboxylic acids is 1. The summed E-state index contributed by atoms with van der Waals surface area (Å²) in [5, 5.41) is 14.3. The van der Waals surface area contributed by atoms with Crippen molar-refractivity contribution in [2.45, 2.75) is 43.9 Å². The first-order chi connectivity index (χ1) is 12.4. The molecule has 1 amide bonds. The van der Waals surface area contributed by atoms with Gasteiger partial charge in [0.1, 0.15) is 0 Å². The van der Waals surface area contributed by atoms with Crippen molar-refractivity contribution in [3.63, 3.8) is 0 Å². The Morgan fingerprint density at radius 2 is 2.00 bits per heavy atom. The average molecular weight is 377 g/mol. The molecular formula is C18H23N3O4S. The van der Waals surface area contributed by atoms with Crippen molar-refractivity contribution in [3.05, 3.63) is 47.8 Å². The molecule has 0 saturated carbocycles. The van der Waals surface area contributed by atoms with Crippen LogP contribution < -0.4 is 0 Å². The lowest BCUT2D eigenvalue weighted by atomic mass is 10.2. The molecule has 1 aromatic carbocycles. The van der Waals surface area contributed by atoms with Crippen LogP contribution in [0.5, 0.6) is 0 Å². The van der Waals surface area contributed by atoms with Gasteiger partial charge in [-0.05, 0) is 24.6 Å². The highest BCUT2D eigenvalue weighted by molar-refractivity contribution is 7.91. The van der Waals surface area contributed by atoms with Crippen LogP contribution in [0.25, 0.3) is 0 Å². The minimum Gasteiger partial charge on any atom is -0.387 e. The Morgan fingerprint density at radius 1 is 1.27 bits per heavy atom. The molecule has 7 nitrogen and oxygen atoms in total. The Bertz CT molecular complexity index is 877. The van der Waals surface area contributed by atoms with Gasteiger partial charge in [-0.2, -0.15) is 5.10 Å². The molecule has 1 aliphatic heterocycles. The Balaban J connectivity index is 1.62. The summed E-state index contributed by atoms with van der Waals surface area (Å²) in [6.07, 6.45) is -0.0695. The van der Waals surface area contributed by atoms with Crippen LogP contribution in [0, 0.1) is 0 Å². The zero-order valence-electron chi connectivity index (χ0n) is 14.7. The maximum Gasteiger partial charge on any atom is 0.224 e. The van der Waals surface area contributed by atoms with Gasteiger partial charge in [-0.15, -0.1) is 0 Å². The van der Waals surface area contributed by atoms with E-state index in [4.69, 9.17) is 0 Å². The fourth-order valence-electron chi connectivity index (χ4n) is 3.00. The summed E-state index contributed by atoms with van der Waals surface area (Å²) >= 11 is 0. The van der Waals surface area contributed by atoms with Gasteiger partial charge in [0.15, 0.2) is 9.84 Å². The number of rotatable bonds is 6. The standard InChI is InChI=1S/C18H23N3O4S/c1-2-17(22)16-12-14-13-20(9-10-21(14)19-16)18(23)8-11-26(24,25)15-6-4-3-5-7-15/h3-7,12,17,22H,2,8-11,13H2,1H3/t17-/m0/s1. The number of aromatic nitrogens is 2. The lowest BCUT2D eigenvalue weighted by Gasteiger charge is -2.27. The van der Waals surface area contributed by atoms with Gasteiger partial charge in [0, 0.05) is 13.0 Å². The van der Waals surface area contributed by atoms with Crippen LogP contribution in [0.15, 0.2) is 41.3 Å². The van der Waals surface area contributed by atoms with E-state index in [1.807, 2.05) is 13.0 Å². The highest BCUT2D eigenvalue weighted by atomic mass is 32.2. The first-order valence-electron chi connectivity index (χ1n) is 8.71. The number of aliphatic hydroxyl groups is 1. The highest BCUT2D eigenvalue weighted by Crippen LogP contribution is 2.21. The lowest BCUT2D eigenvalue weighted by molar-refractivity contribution is -0.132. The number of fused-ring (bicyclic) bond motifs is 1. The second-order valence-electron chi connectivity index (χ2n) is 6.40. The van der Waals surface area contributed by atoms with E-state index >= 15 is 0 Å². The SMILES string of the molecule is CC[C@H](O)c1cc2n(n1)CCN(C(=O)CCS(=O)(=O)c1ccccc1)C2. The maximum atomic E-state index is 12.5. The van der Waals surface area contributed by atoms with Crippen LogP contribution in [0.2, 0.25) is 0 Å². The zero-order chi connectivity index (χ0) is 18.7. The summed E-state index contributed by atoms with van der Waals surface area (Å²) in [6, 6.07) is 9.99. The van der Waals surface area contributed by atoms with Crippen molar-refractivity contribution < 1.29 is 18.3 Å². The lowest BCUT2D eigenvalue weighted by Crippen LogP contribution is -2.39. The molecule has 140 valence electrons. The summed E-state index contributed by atoms with van der Waals surface area (Å²) < 4.78 is 26.4. The summed E-state index contributed by atoms with van der Waals surface area (Å²) in [6.45, 7) is 3.29. The largest absolute Gasteiger partial charge is 0.387 e. The molecule has 8 heteroatoms. The van der Waals surface area contributed by atoms with E-state index in [0.29, 0.717) is 31.7 Å². The van der Waals surface area contributed by atoms with Crippen LogP contribution in [-0.4, -0.2) is 46.4 Å². The Kier molecular flexibility index (Phi) is 5.43. The van der Waals surface area contributed by atoms with Crippen LogP contribution >= 0.6 is 0 Å². The fraction of sp³-hybridized carbons (Fsp3) is 0.444. The first kappa shape index (κ1) is 18.6. The van der Waals surface area contributed by atoms with E-state index in [1.165, 1.54) is 0 Å². The number of aliphatic hydroxyl groups excluding tert-OH is 1. The van der Waals surface area contributed by atoms with E-state index in [1.54, 1.807) is 39.9 Å². The Morgan fingerprint density at radius 3 is 2.69 bits per heavy atom. The topological polar surface area (TPSA) is 92.5 Å². The summed E-state index contributed by atoms with van der Waals surface area (Å²) in [5.74, 6) is -0.389. The third-order valence-corrected chi connectivity index (χ3v) is 6.32. The van der Waals surface area contributed by atoms with E-state index in [2.05, 4.69) is 5.10 Å². The summed E-state index contributed by atoms with van der Waals surface area (Å²) in [5.41, 5.74) is 1.47. The van der Waals surface area contributed by atoms with Crippen LogP contribution in [-0.2, 0) is 27.7 Å². The molecule has 0 fully saturated rings. The van der Waals surface area contributed by atoms with Gasteiger partial charge >= 0.3 is 0 Å². The number of amides is 1. The van der Waals surface area contributed by atoms with E-state index < -0.39 is 15.9 Å². The number of hydrogen-bond acceptors (Lipinski definition) is 5. The van der Waals surface area contributed by atoms with Crippen LogP contribution in [0.4, 0.5) is 0 Å². The van der Waals surface area contributed by atoms with Gasteiger partial charge in [0.2, 0.25) is 5.91 Å². The third kappa shape index (κ3) is 3.96. The van der Waals surface area contributed by atoms with Crippen molar-refractivity contribution in [1.82, 2.24) is 14.7 Å². The molecule has 1 N–H and O–H groups in total. The van der Waals surface area contributed by atoms with E-state index in [-0.39, 0.29) is 23.0 Å². The zero-order valence-corrected chi connectivity index (χ0v) is 15.5. The molecule has 2 aromatic rings. The van der Waals surface area contributed by atoms with Crippen molar-refractivity contribution in [2.24, 2.45) is 0 Å². The van der Waals surface area contributed by atoms with Gasteiger partial charge in [-0.25, -0.2) is 8.42 Å². The average Bonchev–Trinajstić information content (AvgIpc) is 3.09. The molecule has 0 aliphatic carbocycles. The van der Waals surface area contributed by atoms with Crippen molar-refractivity contribution in [2.75, 3.05) is 12.3 Å². The minimum atomic E-state index is -3.46. The second kappa shape index (κ2) is 7.59. The molecule has 1 aliphatic rings. The fourth-order valence-corrected chi connectivity index (χ4v) is 4.25. The quantitative estimate of drug-likeness (QED) is 0.824. The normalized spacial score (nSPS) is 15.5. The molecule has 1 atom stereocenters. The number of hydrogen-bond donors (Lipinski definition) is 1. The monoisotopic (exact) mass is 377 g/mol. The van der Waals surface area contributed by atoms with Gasteiger partial charge in [-0.1, -0.05) is 25.1 Å². The number of sulfone groups is 1. The summed E-state index contributed by atoms with van der Waals surface area (Å²) in [7, 11) is -3.46. The Hall–Kier alpha value is -2.19. The van der Waals surface area contributed by atoms with Crippen molar-refractivity contribution in [3.8, 4) is 0 Å². The molecule has 0 bridgehead atoms. The Labute approximate surface area is 153 Å². The van der Waals surface area contributed by atoms with Gasteiger partial charge in [-0.3, -0.25) is 9.48 Å². The predicted octanol–water partition coefficient (Wildman–Crippen LogP) is 1.53.